The summed E-state index contributed by atoms with van der Waals surface area (Å²) in [4.78, 5) is 28.3. The largest absolute Gasteiger partial charge is 0.489 e. The average molecular weight is 527 g/mol. The summed E-state index contributed by atoms with van der Waals surface area (Å²) in [5, 5.41) is 14.5. The number of carbonyl (C=O) groups excluding carboxylic acids is 2. The number of likely N-dealkylation sites (tertiary alicyclic amines) is 1. The van der Waals surface area contributed by atoms with E-state index in [0.717, 1.165) is 70.4 Å². The second-order valence-corrected chi connectivity index (χ2v) is 10.8. The van der Waals surface area contributed by atoms with Crippen LogP contribution in [0.15, 0.2) is 42.5 Å². The van der Waals surface area contributed by atoms with Gasteiger partial charge in [-0.2, -0.15) is 0 Å². The fourth-order valence-electron chi connectivity index (χ4n) is 5.16. The van der Waals surface area contributed by atoms with Gasteiger partial charge in [0.1, 0.15) is 11.9 Å². The number of Topliss-reactive ketones (excluding diaryl/α,β-unsaturated/α-hetero) is 1. The number of aliphatic hydroxyl groups excluding tert-OH is 1. The maximum atomic E-state index is 13.0. The summed E-state index contributed by atoms with van der Waals surface area (Å²) in [5.74, 6) is -0.315. The molecular formula is C29H35ClN2O5. The maximum absolute atomic E-state index is 13.0. The zero-order valence-electron chi connectivity index (χ0n) is 21.0. The minimum Gasteiger partial charge on any atom is -0.489 e. The maximum Gasteiger partial charge on any atom is 0.292 e. The van der Waals surface area contributed by atoms with Crippen molar-refractivity contribution in [2.24, 2.45) is 0 Å². The summed E-state index contributed by atoms with van der Waals surface area (Å²) >= 11 is 6.43. The van der Waals surface area contributed by atoms with Gasteiger partial charge >= 0.3 is 0 Å². The number of amides is 1. The molecule has 0 bridgehead atoms. The second-order valence-electron chi connectivity index (χ2n) is 10.4. The molecule has 2 aromatic rings. The van der Waals surface area contributed by atoms with Gasteiger partial charge in [0.05, 0.1) is 17.2 Å². The van der Waals surface area contributed by atoms with E-state index in [2.05, 4.69) is 10.2 Å². The number of carbonyl (C=O) groups is 2. The molecule has 2 saturated heterocycles. The van der Waals surface area contributed by atoms with Gasteiger partial charge in [0, 0.05) is 25.3 Å². The van der Waals surface area contributed by atoms with Crippen molar-refractivity contribution in [3.8, 4) is 5.75 Å². The molecule has 8 heteroatoms. The molecular weight excluding hydrogens is 492 g/mol. The Labute approximate surface area is 223 Å². The normalized spacial score (nSPS) is 20.4. The average Bonchev–Trinajstić information content (AvgIpc) is 3.60. The first-order chi connectivity index (χ1) is 18.0. The third-order valence-corrected chi connectivity index (χ3v) is 7.83. The lowest BCUT2D eigenvalue weighted by atomic mass is 9.91. The highest BCUT2D eigenvalue weighted by molar-refractivity contribution is 6.42. The van der Waals surface area contributed by atoms with E-state index in [-0.39, 0.29) is 6.10 Å². The predicted octanol–water partition coefficient (Wildman–Crippen LogP) is 4.27. The van der Waals surface area contributed by atoms with Crippen LogP contribution in [0.4, 0.5) is 0 Å². The van der Waals surface area contributed by atoms with Crippen LogP contribution in [-0.4, -0.2) is 66.7 Å². The summed E-state index contributed by atoms with van der Waals surface area (Å²) in [5.41, 5.74) is 2.08. The lowest BCUT2D eigenvalue weighted by molar-refractivity contribution is -0.118. The van der Waals surface area contributed by atoms with Crippen molar-refractivity contribution in [3.05, 3.63) is 64.2 Å². The van der Waals surface area contributed by atoms with E-state index in [9.17, 15) is 14.7 Å². The standard InChI is InChI=1S/C29H35ClN2O5/c30-24-17-22(7-10-26(24)37-23-8-9-23)27(33)25(18-32-13-1-2-14-32)31-29(35)28(34)21-5-3-19(4-6-21)20-11-15-36-16-12-20/h3-7,10,17,20,23,25,27,33H,1-2,8-9,11-16,18H2,(H,31,35). The van der Waals surface area contributed by atoms with Crippen LogP contribution < -0.4 is 10.1 Å². The molecule has 5 rings (SSSR count). The number of nitrogens with one attached hydrogen (secondary N) is 1. The minimum absolute atomic E-state index is 0.215. The van der Waals surface area contributed by atoms with Crippen molar-refractivity contribution in [1.29, 1.82) is 0 Å². The van der Waals surface area contributed by atoms with Gasteiger partial charge < -0.3 is 24.8 Å². The number of hydrogen-bond acceptors (Lipinski definition) is 6. The Morgan fingerprint density at radius 3 is 2.41 bits per heavy atom. The van der Waals surface area contributed by atoms with Crippen LogP contribution in [-0.2, 0) is 9.53 Å². The Bertz CT molecular complexity index is 1090. The first-order valence-corrected chi connectivity index (χ1v) is 13.7. The topological polar surface area (TPSA) is 88.1 Å². The molecule has 2 aliphatic heterocycles. The monoisotopic (exact) mass is 526 g/mol. The summed E-state index contributed by atoms with van der Waals surface area (Å²) in [6.07, 6.45) is 5.31. The lowest BCUT2D eigenvalue weighted by Gasteiger charge is -2.28. The Hall–Kier alpha value is -2.45. The lowest BCUT2D eigenvalue weighted by Crippen LogP contribution is -2.48. The van der Waals surface area contributed by atoms with Gasteiger partial charge in [-0.05, 0) is 80.8 Å². The molecule has 0 aromatic heterocycles. The van der Waals surface area contributed by atoms with Gasteiger partial charge in [0.2, 0.25) is 5.78 Å². The predicted molar refractivity (Wildman–Crippen MR) is 141 cm³/mol. The first kappa shape index (κ1) is 26.2. The van der Waals surface area contributed by atoms with Crippen LogP contribution in [0.3, 0.4) is 0 Å². The molecule has 1 amide bonds. The quantitative estimate of drug-likeness (QED) is 0.355. The molecule has 3 fully saturated rings. The van der Waals surface area contributed by atoms with Gasteiger partial charge in [-0.1, -0.05) is 41.9 Å². The zero-order valence-corrected chi connectivity index (χ0v) is 21.8. The van der Waals surface area contributed by atoms with Crippen molar-refractivity contribution in [3.63, 3.8) is 0 Å². The van der Waals surface area contributed by atoms with Crippen LogP contribution in [0.1, 0.15) is 72.0 Å². The summed E-state index contributed by atoms with van der Waals surface area (Å²) in [7, 11) is 0. The number of nitrogens with zero attached hydrogens (tertiary/aromatic N) is 1. The van der Waals surface area contributed by atoms with Crippen molar-refractivity contribution in [2.45, 2.75) is 62.7 Å². The van der Waals surface area contributed by atoms with Gasteiger partial charge in [0.25, 0.3) is 5.91 Å². The minimum atomic E-state index is -1.03. The van der Waals surface area contributed by atoms with Gasteiger partial charge in [0.15, 0.2) is 0 Å². The summed E-state index contributed by atoms with van der Waals surface area (Å²) < 4.78 is 11.2. The molecule has 0 radical (unpaired) electrons. The fourth-order valence-corrected chi connectivity index (χ4v) is 5.40. The SMILES string of the molecule is O=C(NC(CN1CCCC1)C(O)c1ccc(OC2CC2)c(Cl)c1)C(=O)c1ccc(C2CCOCC2)cc1. The van der Waals surface area contributed by atoms with Crippen LogP contribution in [0.5, 0.6) is 5.75 Å². The Balaban J connectivity index is 1.27. The molecule has 3 aliphatic rings. The number of aliphatic hydroxyl groups is 1. The Kier molecular flexibility index (Phi) is 8.45. The van der Waals surface area contributed by atoms with Crippen molar-refractivity contribution in [1.82, 2.24) is 10.2 Å². The third-order valence-electron chi connectivity index (χ3n) is 7.54. The van der Waals surface area contributed by atoms with E-state index in [1.54, 1.807) is 30.3 Å². The number of hydrogen-bond donors (Lipinski definition) is 2. The highest BCUT2D eigenvalue weighted by atomic mass is 35.5. The number of halogens is 1. The van der Waals surface area contributed by atoms with E-state index < -0.39 is 23.8 Å². The van der Waals surface area contributed by atoms with Gasteiger partial charge in [-0.3, -0.25) is 9.59 Å². The van der Waals surface area contributed by atoms with Crippen LogP contribution in [0.25, 0.3) is 0 Å². The number of rotatable bonds is 10. The van der Waals surface area contributed by atoms with E-state index in [1.807, 2.05) is 12.1 Å². The molecule has 2 atom stereocenters. The summed E-state index contributed by atoms with van der Waals surface area (Å²) in [6.45, 7) is 3.73. The third kappa shape index (κ3) is 6.71. The number of ether oxygens (including phenoxy) is 2. The van der Waals surface area contributed by atoms with E-state index >= 15 is 0 Å². The molecule has 1 saturated carbocycles. The van der Waals surface area contributed by atoms with Crippen LogP contribution >= 0.6 is 11.6 Å². The van der Waals surface area contributed by atoms with Crippen LogP contribution in [0.2, 0.25) is 5.02 Å². The molecule has 2 unspecified atom stereocenters. The molecule has 2 aromatic carbocycles. The molecule has 0 spiro atoms. The van der Waals surface area contributed by atoms with Gasteiger partial charge in [-0.25, -0.2) is 0 Å². The first-order valence-electron chi connectivity index (χ1n) is 13.4. The highest BCUT2D eigenvalue weighted by Gasteiger charge is 2.30. The molecule has 2 N–H and O–H groups in total. The Morgan fingerprint density at radius 2 is 1.76 bits per heavy atom. The van der Waals surface area contributed by atoms with Crippen molar-refractivity contribution < 1.29 is 24.2 Å². The van der Waals surface area contributed by atoms with Crippen molar-refractivity contribution in [2.75, 3.05) is 32.8 Å². The zero-order chi connectivity index (χ0) is 25.8. The highest BCUT2D eigenvalue weighted by Crippen LogP contribution is 2.34. The van der Waals surface area contributed by atoms with E-state index in [4.69, 9.17) is 21.1 Å². The molecule has 2 heterocycles. The molecule has 7 nitrogen and oxygen atoms in total. The molecule has 198 valence electrons. The number of ketones is 1. The van der Waals surface area contributed by atoms with Crippen molar-refractivity contribution >= 4 is 23.3 Å². The summed E-state index contributed by atoms with van der Waals surface area (Å²) in [6, 6.07) is 11.9. The number of benzene rings is 2. The van der Waals surface area contributed by atoms with Gasteiger partial charge in [-0.15, -0.1) is 0 Å². The second kappa shape index (κ2) is 11.9. The van der Waals surface area contributed by atoms with E-state index in [1.165, 1.54) is 0 Å². The van der Waals surface area contributed by atoms with Crippen LogP contribution in [0, 0.1) is 0 Å². The smallest absolute Gasteiger partial charge is 0.292 e. The molecule has 37 heavy (non-hydrogen) atoms. The fraction of sp³-hybridized carbons (Fsp3) is 0.517. The Morgan fingerprint density at radius 1 is 1.05 bits per heavy atom. The van der Waals surface area contributed by atoms with E-state index in [0.29, 0.717) is 34.4 Å². The molecule has 1 aliphatic carbocycles.